The Bertz CT molecular complexity index is 836. The van der Waals surface area contributed by atoms with Crippen LogP contribution in [0.2, 0.25) is 0 Å². The summed E-state index contributed by atoms with van der Waals surface area (Å²) in [4.78, 5) is 19.0. The molecular weight excluding hydrogens is 399 g/mol. The number of likely N-dealkylation sites (N-methyl/N-ethyl adjacent to an activating group) is 1. The topological polar surface area (TPSA) is 61.2 Å². The van der Waals surface area contributed by atoms with Crippen molar-refractivity contribution >= 4 is 6.03 Å². The number of nitrogens with one attached hydrogen (secondary N) is 1. The highest BCUT2D eigenvalue weighted by Gasteiger charge is 2.26. The molecule has 1 atom stereocenters. The van der Waals surface area contributed by atoms with Crippen LogP contribution in [0.1, 0.15) is 23.1 Å². The maximum absolute atomic E-state index is 14.2. The van der Waals surface area contributed by atoms with Crippen molar-refractivity contribution in [2.24, 2.45) is 0 Å². The SMILES string of the molecule is Cc1ccc(C(CNC(=O)N(CCN(C)C)Cc2ccccc2F)N2CCOCC2)o1. The Kier molecular flexibility index (Phi) is 8.45. The molecule has 1 unspecified atom stereocenters. The lowest BCUT2D eigenvalue weighted by molar-refractivity contribution is 0.0119. The minimum absolute atomic E-state index is 0.0780. The number of carbonyl (C=O) groups excluding carboxylic acids is 1. The van der Waals surface area contributed by atoms with Gasteiger partial charge in [0.25, 0.3) is 0 Å². The average Bonchev–Trinajstić information content (AvgIpc) is 3.19. The first kappa shape index (κ1) is 23.2. The van der Waals surface area contributed by atoms with Gasteiger partial charge in [-0.05, 0) is 39.2 Å². The van der Waals surface area contributed by atoms with Gasteiger partial charge in [-0.3, -0.25) is 4.90 Å². The van der Waals surface area contributed by atoms with Crippen molar-refractivity contribution in [1.29, 1.82) is 0 Å². The summed E-state index contributed by atoms with van der Waals surface area (Å²) in [5, 5.41) is 3.05. The van der Waals surface area contributed by atoms with Crippen LogP contribution in [0.25, 0.3) is 0 Å². The first-order valence-electron chi connectivity index (χ1n) is 10.7. The van der Waals surface area contributed by atoms with Gasteiger partial charge in [-0.15, -0.1) is 0 Å². The second kappa shape index (κ2) is 11.3. The number of halogens is 1. The first-order chi connectivity index (χ1) is 14.9. The highest BCUT2D eigenvalue weighted by molar-refractivity contribution is 5.74. The molecule has 0 aliphatic carbocycles. The smallest absolute Gasteiger partial charge is 0.317 e. The Morgan fingerprint density at radius 1 is 1.16 bits per heavy atom. The van der Waals surface area contributed by atoms with Crippen LogP contribution in [0, 0.1) is 12.7 Å². The lowest BCUT2D eigenvalue weighted by atomic mass is 10.1. The minimum atomic E-state index is -0.303. The number of amides is 2. The van der Waals surface area contributed by atoms with E-state index in [0.29, 0.717) is 38.4 Å². The van der Waals surface area contributed by atoms with Crippen LogP contribution in [0.3, 0.4) is 0 Å². The molecular formula is C23H33FN4O3. The van der Waals surface area contributed by atoms with Crippen LogP contribution in [0.5, 0.6) is 0 Å². The Balaban J connectivity index is 1.69. The third-order valence-electron chi connectivity index (χ3n) is 5.45. The zero-order valence-electron chi connectivity index (χ0n) is 18.6. The van der Waals surface area contributed by atoms with Crippen molar-refractivity contribution in [2.75, 3.05) is 60.0 Å². The number of morpholine rings is 1. The van der Waals surface area contributed by atoms with Crippen LogP contribution in [-0.4, -0.2) is 80.8 Å². The molecule has 2 aromatic rings. The number of furan rings is 1. The number of rotatable bonds is 9. The number of carbonyl (C=O) groups is 1. The standard InChI is InChI=1S/C23H33FN4O3/c1-18-8-9-22(31-18)21(27-12-14-30-15-13-27)16-25-23(29)28(11-10-26(2)3)17-19-6-4-5-7-20(19)24/h4-9,21H,10-17H2,1-3H3,(H,25,29). The molecule has 2 heterocycles. The molecule has 0 spiro atoms. The van der Waals surface area contributed by atoms with E-state index in [-0.39, 0.29) is 24.4 Å². The van der Waals surface area contributed by atoms with Gasteiger partial charge in [0.05, 0.1) is 25.8 Å². The lowest BCUT2D eigenvalue weighted by Gasteiger charge is -2.34. The van der Waals surface area contributed by atoms with Gasteiger partial charge in [0.15, 0.2) is 0 Å². The van der Waals surface area contributed by atoms with Crippen molar-refractivity contribution in [1.82, 2.24) is 20.0 Å². The fourth-order valence-corrected chi connectivity index (χ4v) is 3.63. The predicted octanol–water partition coefficient (Wildman–Crippen LogP) is 2.87. The fourth-order valence-electron chi connectivity index (χ4n) is 3.63. The van der Waals surface area contributed by atoms with Crippen molar-refractivity contribution < 1.29 is 18.3 Å². The van der Waals surface area contributed by atoms with Gasteiger partial charge in [-0.2, -0.15) is 0 Å². The largest absolute Gasteiger partial charge is 0.465 e. The highest BCUT2D eigenvalue weighted by atomic mass is 19.1. The van der Waals surface area contributed by atoms with Crippen molar-refractivity contribution in [2.45, 2.75) is 19.5 Å². The predicted molar refractivity (Wildman–Crippen MR) is 117 cm³/mol. The van der Waals surface area contributed by atoms with Gasteiger partial charge in [-0.25, -0.2) is 9.18 Å². The van der Waals surface area contributed by atoms with E-state index in [1.165, 1.54) is 6.07 Å². The van der Waals surface area contributed by atoms with E-state index in [1.807, 2.05) is 38.1 Å². The highest BCUT2D eigenvalue weighted by Crippen LogP contribution is 2.23. The van der Waals surface area contributed by atoms with Crippen LogP contribution in [0.15, 0.2) is 40.8 Å². The van der Waals surface area contributed by atoms with Gasteiger partial charge in [-0.1, -0.05) is 18.2 Å². The van der Waals surface area contributed by atoms with Gasteiger partial charge < -0.3 is 24.3 Å². The molecule has 0 saturated carbocycles. The monoisotopic (exact) mass is 432 g/mol. The van der Waals surface area contributed by atoms with Gasteiger partial charge in [0, 0.05) is 38.3 Å². The van der Waals surface area contributed by atoms with Crippen molar-refractivity contribution in [3.05, 3.63) is 59.3 Å². The van der Waals surface area contributed by atoms with E-state index < -0.39 is 0 Å². The summed E-state index contributed by atoms with van der Waals surface area (Å²) >= 11 is 0. The summed E-state index contributed by atoms with van der Waals surface area (Å²) in [7, 11) is 3.90. The van der Waals surface area contributed by atoms with E-state index in [4.69, 9.17) is 9.15 Å². The molecule has 1 aliphatic rings. The Hall–Kier alpha value is -2.42. The summed E-state index contributed by atoms with van der Waals surface area (Å²) in [6.45, 7) is 6.59. The second-order valence-electron chi connectivity index (χ2n) is 8.11. The Morgan fingerprint density at radius 3 is 2.55 bits per heavy atom. The first-order valence-corrected chi connectivity index (χ1v) is 10.7. The summed E-state index contributed by atoms with van der Waals surface area (Å²) in [6.07, 6.45) is 0. The third-order valence-corrected chi connectivity index (χ3v) is 5.45. The summed E-state index contributed by atoms with van der Waals surface area (Å²) in [5.41, 5.74) is 0.503. The summed E-state index contributed by atoms with van der Waals surface area (Å²) in [5.74, 6) is 1.36. The van der Waals surface area contributed by atoms with Crippen molar-refractivity contribution in [3.63, 3.8) is 0 Å². The molecule has 0 bridgehead atoms. The van der Waals surface area contributed by atoms with Gasteiger partial charge in [0.2, 0.25) is 0 Å². The van der Waals surface area contributed by atoms with Crippen molar-refractivity contribution in [3.8, 4) is 0 Å². The molecule has 2 amide bonds. The van der Waals surface area contributed by atoms with E-state index in [2.05, 4.69) is 10.2 Å². The van der Waals surface area contributed by atoms with Crippen LogP contribution in [0.4, 0.5) is 9.18 Å². The normalized spacial score (nSPS) is 15.8. The van der Waals surface area contributed by atoms with E-state index >= 15 is 0 Å². The molecule has 1 saturated heterocycles. The summed E-state index contributed by atoms with van der Waals surface area (Å²) < 4.78 is 25.6. The fraction of sp³-hybridized carbons (Fsp3) is 0.522. The van der Waals surface area contributed by atoms with Gasteiger partial charge in [0.1, 0.15) is 17.3 Å². The molecule has 170 valence electrons. The maximum Gasteiger partial charge on any atom is 0.317 e. The zero-order valence-corrected chi connectivity index (χ0v) is 18.6. The second-order valence-corrected chi connectivity index (χ2v) is 8.11. The van der Waals surface area contributed by atoms with E-state index in [9.17, 15) is 9.18 Å². The quantitative estimate of drug-likeness (QED) is 0.660. The molecule has 31 heavy (non-hydrogen) atoms. The Labute approximate surface area is 183 Å². The molecule has 1 fully saturated rings. The number of benzene rings is 1. The molecule has 0 radical (unpaired) electrons. The molecule has 3 rings (SSSR count). The van der Waals surface area contributed by atoms with Crippen LogP contribution < -0.4 is 5.32 Å². The number of hydrogen-bond acceptors (Lipinski definition) is 5. The zero-order chi connectivity index (χ0) is 22.2. The van der Waals surface area contributed by atoms with E-state index in [0.717, 1.165) is 24.6 Å². The number of urea groups is 1. The lowest BCUT2D eigenvalue weighted by Crippen LogP contribution is -2.47. The third kappa shape index (κ3) is 6.78. The molecule has 8 heteroatoms. The Morgan fingerprint density at radius 2 is 1.90 bits per heavy atom. The average molecular weight is 433 g/mol. The minimum Gasteiger partial charge on any atom is -0.465 e. The number of ether oxygens (including phenoxy) is 1. The maximum atomic E-state index is 14.2. The molecule has 1 aromatic carbocycles. The number of aryl methyl sites for hydroxylation is 1. The van der Waals surface area contributed by atoms with Gasteiger partial charge >= 0.3 is 6.03 Å². The number of nitrogens with zero attached hydrogens (tertiary/aromatic N) is 3. The molecule has 1 N–H and O–H groups in total. The van der Waals surface area contributed by atoms with E-state index in [1.54, 1.807) is 23.1 Å². The molecule has 1 aliphatic heterocycles. The number of hydrogen-bond donors (Lipinski definition) is 1. The summed E-state index contributed by atoms with van der Waals surface area (Å²) in [6, 6.07) is 10.2. The van der Waals surface area contributed by atoms with Crippen LogP contribution in [-0.2, 0) is 11.3 Å². The molecule has 1 aromatic heterocycles. The van der Waals surface area contributed by atoms with Crippen LogP contribution >= 0.6 is 0 Å². The molecule has 7 nitrogen and oxygen atoms in total.